The third-order valence-electron chi connectivity index (χ3n) is 2.28. The number of carbonyl (C=O) groups excluding carboxylic acids is 1. The van der Waals surface area contributed by atoms with Gasteiger partial charge in [-0.25, -0.2) is 4.79 Å². The van der Waals surface area contributed by atoms with E-state index >= 15 is 0 Å². The van der Waals surface area contributed by atoms with Gasteiger partial charge in [-0.1, -0.05) is 30.8 Å². The quantitative estimate of drug-likeness (QED) is 0.688. The van der Waals surface area contributed by atoms with Crippen LogP contribution in [-0.4, -0.2) is 11.0 Å². The zero-order chi connectivity index (χ0) is 9.97. The average molecular weight is 226 g/mol. The van der Waals surface area contributed by atoms with Crippen LogP contribution in [-0.2, 0) is 17.8 Å². The Kier molecular flexibility index (Phi) is 3.74. The third-order valence-corrected chi connectivity index (χ3v) is 2.28. The first-order valence-corrected chi connectivity index (χ1v) is 4.44. The van der Waals surface area contributed by atoms with Crippen molar-refractivity contribution in [2.75, 3.05) is 0 Å². The van der Waals surface area contributed by atoms with Crippen molar-refractivity contribution in [3.05, 3.63) is 48.2 Å². The molecular formula is C11H12ClNO2. The number of rotatable bonds is 1. The summed E-state index contributed by atoms with van der Waals surface area (Å²) in [6.07, 6.45) is 0.821. The van der Waals surface area contributed by atoms with E-state index < -0.39 is 0 Å². The van der Waals surface area contributed by atoms with Gasteiger partial charge in [0.1, 0.15) is 0 Å². The van der Waals surface area contributed by atoms with Crippen molar-refractivity contribution in [1.29, 1.82) is 0 Å². The van der Waals surface area contributed by atoms with E-state index in [-0.39, 0.29) is 18.5 Å². The van der Waals surface area contributed by atoms with Crippen molar-refractivity contribution < 1.29 is 9.53 Å². The number of carbonyl (C=O) groups is 1. The van der Waals surface area contributed by atoms with Crippen molar-refractivity contribution in [3.63, 3.8) is 0 Å². The number of amides is 1. The molecule has 0 fully saturated rings. The number of hydrogen-bond acceptors (Lipinski definition) is 2. The van der Waals surface area contributed by atoms with E-state index in [1.807, 2.05) is 24.3 Å². The molecule has 0 saturated carbocycles. The lowest BCUT2D eigenvalue weighted by Crippen LogP contribution is -2.24. The van der Waals surface area contributed by atoms with Gasteiger partial charge in [0.05, 0.1) is 6.26 Å². The SMILES string of the molecule is C=COC(=O)N1Cc2ccccc2C1.Cl. The van der Waals surface area contributed by atoms with E-state index in [0.717, 1.165) is 6.26 Å². The first kappa shape index (κ1) is 11.6. The summed E-state index contributed by atoms with van der Waals surface area (Å²) in [7, 11) is 0. The molecule has 1 aliphatic heterocycles. The first-order chi connectivity index (χ1) is 6.81. The molecule has 0 aliphatic carbocycles. The Morgan fingerprint density at radius 1 is 1.33 bits per heavy atom. The molecule has 0 saturated heterocycles. The van der Waals surface area contributed by atoms with E-state index in [9.17, 15) is 4.79 Å². The van der Waals surface area contributed by atoms with Gasteiger partial charge in [0, 0.05) is 13.1 Å². The Bertz CT molecular complexity index is 354. The minimum absolute atomic E-state index is 0. The van der Waals surface area contributed by atoms with Crippen LogP contribution in [0.2, 0.25) is 0 Å². The number of halogens is 1. The van der Waals surface area contributed by atoms with Crippen molar-refractivity contribution in [3.8, 4) is 0 Å². The molecule has 1 aromatic carbocycles. The molecule has 2 rings (SSSR count). The van der Waals surface area contributed by atoms with E-state index in [1.54, 1.807) is 4.90 Å². The standard InChI is InChI=1S/C11H11NO2.ClH/c1-2-14-11(13)12-7-9-5-3-4-6-10(9)8-12;/h2-6H,1,7-8H2;1H. The zero-order valence-corrected chi connectivity index (χ0v) is 9.00. The maximum Gasteiger partial charge on any atom is 0.415 e. The molecule has 1 amide bonds. The number of nitrogens with zero attached hydrogens (tertiary/aromatic N) is 1. The number of hydrogen-bond donors (Lipinski definition) is 0. The zero-order valence-electron chi connectivity index (χ0n) is 8.18. The van der Waals surface area contributed by atoms with E-state index in [2.05, 4.69) is 6.58 Å². The van der Waals surface area contributed by atoms with Crippen LogP contribution in [0.1, 0.15) is 11.1 Å². The molecule has 0 N–H and O–H groups in total. The Balaban J connectivity index is 0.00000112. The van der Waals surface area contributed by atoms with Gasteiger partial charge >= 0.3 is 6.09 Å². The molecule has 0 radical (unpaired) electrons. The molecule has 1 aromatic rings. The molecule has 3 nitrogen and oxygen atoms in total. The molecule has 0 aromatic heterocycles. The Morgan fingerprint density at radius 3 is 2.33 bits per heavy atom. The Hall–Kier alpha value is -1.48. The highest BCUT2D eigenvalue weighted by Gasteiger charge is 2.23. The van der Waals surface area contributed by atoms with Crippen LogP contribution in [0.3, 0.4) is 0 Å². The monoisotopic (exact) mass is 225 g/mol. The molecule has 80 valence electrons. The lowest BCUT2D eigenvalue weighted by atomic mass is 10.1. The van der Waals surface area contributed by atoms with Gasteiger partial charge in [0.15, 0.2) is 0 Å². The van der Waals surface area contributed by atoms with Crippen molar-refractivity contribution >= 4 is 18.5 Å². The van der Waals surface area contributed by atoms with Gasteiger partial charge in [-0.05, 0) is 11.1 Å². The van der Waals surface area contributed by atoms with Crippen LogP contribution in [0.4, 0.5) is 4.79 Å². The summed E-state index contributed by atoms with van der Waals surface area (Å²) in [5.41, 5.74) is 2.38. The van der Waals surface area contributed by atoms with Crippen molar-refractivity contribution in [1.82, 2.24) is 4.90 Å². The molecule has 15 heavy (non-hydrogen) atoms. The van der Waals surface area contributed by atoms with Gasteiger partial charge in [-0.2, -0.15) is 0 Å². The van der Waals surface area contributed by atoms with Gasteiger partial charge in [0.2, 0.25) is 0 Å². The fourth-order valence-electron chi connectivity index (χ4n) is 1.61. The lowest BCUT2D eigenvalue weighted by Gasteiger charge is -2.12. The molecule has 0 spiro atoms. The summed E-state index contributed by atoms with van der Waals surface area (Å²) >= 11 is 0. The van der Waals surface area contributed by atoms with Crippen LogP contribution in [0.25, 0.3) is 0 Å². The van der Waals surface area contributed by atoms with Crippen LogP contribution in [0, 0.1) is 0 Å². The van der Waals surface area contributed by atoms with E-state index in [1.165, 1.54) is 11.1 Å². The summed E-state index contributed by atoms with van der Waals surface area (Å²) < 4.78 is 4.71. The number of ether oxygens (including phenoxy) is 1. The highest BCUT2D eigenvalue weighted by molar-refractivity contribution is 5.85. The molecule has 4 heteroatoms. The normalized spacial score (nSPS) is 12.7. The van der Waals surface area contributed by atoms with E-state index in [4.69, 9.17) is 4.74 Å². The fraction of sp³-hybridized carbons (Fsp3) is 0.182. The molecule has 1 heterocycles. The minimum Gasteiger partial charge on any atom is -0.419 e. The molecular weight excluding hydrogens is 214 g/mol. The van der Waals surface area contributed by atoms with Crippen LogP contribution in [0.15, 0.2) is 37.1 Å². The van der Waals surface area contributed by atoms with Crippen LogP contribution in [0.5, 0.6) is 0 Å². The second-order valence-electron chi connectivity index (χ2n) is 3.18. The van der Waals surface area contributed by atoms with Gasteiger partial charge < -0.3 is 4.74 Å². The minimum atomic E-state index is -0.337. The van der Waals surface area contributed by atoms with Crippen molar-refractivity contribution in [2.24, 2.45) is 0 Å². The number of fused-ring (bicyclic) bond motifs is 1. The summed E-state index contributed by atoms with van der Waals surface area (Å²) in [6.45, 7) is 4.61. The van der Waals surface area contributed by atoms with Crippen molar-refractivity contribution in [2.45, 2.75) is 13.1 Å². The summed E-state index contributed by atoms with van der Waals surface area (Å²) in [4.78, 5) is 13.0. The smallest absolute Gasteiger partial charge is 0.415 e. The second kappa shape index (κ2) is 4.84. The first-order valence-electron chi connectivity index (χ1n) is 4.44. The highest BCUT2D eigenvalue weighted by atomic mass is 35.5. The topological polar surface area (TPSA) is 29.5 Å². The van der Waals surface area contributed by atoms with Gasteiger partial charge in [-0.3, -0.25) is 4.90 Å². The van der Waals surface area contributed by atoms with Crippen LogP contribution >= 0.6 is 12.4 Å². The second-order valence-corrected chi connectivity index (χ2v) is 3.18. The largest absolute Gasteiger partial charge is 0.419 e. The third kappa shape index (κ3) is 2.30. The Morgan fingerprint density at radius 2 is 1.87 bits per heavy atom. The summed E-state index contributed by atoms with van der Waals surface area (Å²) in [6, 6.07) is 8.00. The maximum absolute atomic E-state index is 11.3. The average Bonchev–Trinajstić information content (AvgIpc) is 2.61. The van der Waals surface area contributed by atoms with Crippen LogP contribution < -0.4 is 0 Å². The maximum atomic E-state index is 11.3. The van der Waals surface area contributed by atoms with Gasteiger partial charge in [0.25, 0.3) is 0 Å². The summed E-state index contributed by atoms with van der Waals surface area (Å²) in [5.74, 6) is 0. The summed E-state index contributed by atoms with van der Waals surface area (Å²) in [5, 5.41) is 0. The molecule has 0 atom stereocenters. The molecule has 0 bridgehead atoms. The van der Waals surface area contributed by atoms with Gasteiger partial charge in [-0.15, -0.1) is 12.4 Å². The Labute approximate surface area is 94.7 Å². The fourth-order valence-corrected chi connectivity index (χ4v) is 1.61. The van der Waals surface area contributed by atoms with E-state index in [0.29, 0.717) is 13.1 Å². The number of benzene rings is 1. The molecule has 1 aliphatic rings. The molecule has 0 unspecified atom stereocenters. The predicted octanol–water partition coefficient (Wildman–Crippen LogP) is 2.70. The highest BCUT2D eigenvalue weighted by Crippen LogP contribution is 2.22. The lowest BCUT2D eigenvalue weighted by molar-refractivity contribution is 0.137. The predicted molar refractivity (Wildman–Crippen MR) is 59.6 cm³/mol.